The molecule has 0 bridgehead atoms. The number of nitrogens with zero attached hydrogens (tertiary/aromatic N) is 1. The molecule has 1 heterocycles. The van der Waals surface area contributed by atoms with E-state index in [-0.39, 0.29) is 0 Å². The van der Waals surface area contributed by atoms with Gasteiger partial charge in [0.2, 0.25) is 0 Å². The van der Waals surface area contributed by atoms with Gasteiger partial charge in [-0.1, -0.05) is 24.3 Å². The lowest BCUT2D eigenvalue weighted by Crippen LogP contribution is -2.16. The van der Waals surface area contributed by atoms with Crippen molar-refractivity contribution in [2.45, 2.75) is 25.4 Å². The van der Waals surface area contributed by atoms with E-state index in [1.165, 1.54) is 29.0 Å². The van der Waals surface area contributed by atoms with Gasteiger partial charge in [-0.2, -0.15) is 0 Å². The van der Waals surface area contributed by atoms with E-state index in [2.05, 4.69) is 66.1 Å². The molecule has 1 saturated carbocycles. The van der Waals surface area contributed by atoms with Crippen LogP contribution in [0.5, 0.6) is 0 Å². The second-order valence-electron chi connectivity index (χ2n) is 5.87. The van der Waals surface area contributed by atoms with Crippen molar-refractivity contribution in [3.8, 4) is 0 Å². The summed E-state index contributed by atoms with van der Waals surface area (Å²) in [5.74, 6) is 0.807. The zero-order valence-corrected chi connectivity index (χ0v) is 13.0. The predicted molar refractivity (Wildman–Crippen MR) is 87.2 cm³/mol. The van der Waals surface area contributed by atoms with Crippen molar-refractivity contribution in [1.82, 2.24) is 4.90 Å². The molecule has 1 aliphatic rings. The predicted octanol–water partition coefficient (Wildman–Crippen LogP) is 4.37. The van der Waals surface area contributed by atoms with Gasteiger partial charge in [-0.25, -0.2) is 0 Å². The second-order valence-corrected chi connectivity index (χ2v) is 6.85. The number of benzene rings is 1. The Labute approximate surface area is 125 Å². The minimum atomic E-state index is 0.485. The van der Waals surface area contributed by atoms with Crippen molar-refractivity contribution in [3.05, 3.63) is 52.2 Å². The fourth-order valence-corrected chi connectivity index (χ4v) is 3.50. The molecule has 0 spiro atoms. The molecule has 0 aliphatic heterocycles. The van der Waals surface area contributed by atoms with Gasteiger partial charge in [-0.05, 0) is 55.9 Å². The van der Waals surface area contributed by atoms with E-state index in [4.69, 9.17) is 0 Å². The lowest BCUT2D eigenvalue weighted by atomic mass is 10.1. The molecule has 1 atom stereocenters. The van der Waals surface area contributed by atoms with Crippen LogP contribution in [-0.2, 0) is 6.54 Å². The van der Waals surface area contributed by atoms with Gasteiger partial charge in [0.05, 0.1) is 6.04 Å². The molecule has 20 heavy (non-hydrogen) atoms. The topological polar surface area (TPSA) is 15.3 Å². The number of anilines is 1. The molecular weight excluding hydrogens is 264 g/mol. The first kappa shape index (κ1) is 13.7. The van der Waals surface area contributed by atoms with Crippen molar-refractivity contribution >= 4 is 17.0 Å². The molecule has 0 saturated heterocycles. The molecule has 0 radical (unpaired) electrons. The summed E-state index contributed by atoms with van der Waals surface area (Å²) in [6, 6.07) is 13.6. The summed E-state index contributed by atoms with van der Waals surface area (Å²) < 4.78 is 0. The molecule has 1 N–H and O–H groups in total. The summed E-state index contributed by atoms with van der Waals surface area (Å²) in [5.41, 5.74) is 2.66. The smallest absolute Gasteiger partial charge is 0.0634 e. The van der Waals surface area contributed by atoms with Gasteiger partial charge < -0.3 is 10.2 Å². The van der Waals surface area contributed by atoms with Crippen molar-refractivity contribution < 1.29 is 0 Å². The monoisotopic (exact) mass is 286 g/mol. The summed E-state index contributed by atoms with van der Waals surface area (Å²) in [7, 11) is 4.24. The minimum absolute atomic E-state index is 0.485. The summed E-state index contributed by atoms with van der Waals surface area (Å²) in [6.45, 7) is 0.977. The molecule has 1 aromatic heterocycles. The van der Waals surface area contributed by atoms with Gasteiger partial charge in [0.1, 0.15) is 0 Å². The molecule has 2 aromatic rings. The Balaban J connectivity index is 1.82. The lowest BCUT2D eigenvalue weighted by molar-refractivity contribution is 0.403. The van der Waals surface area contributed by atoms with Gasteiger partial charge in [0.15, 0.2) is 0 Å². The van der Waals surface area contributed by atoms with Crippen molar-refractivity contribution in [2.24, 2.45) is 5.92 Å². The van der Waals surface area contributed by atoms with Crippen molar-refractivity contribution in [3.63, 3.8) is 0 Å². The molecule has 1 aromatic carbocycles. The number of hydrogen-bond acceptors (Lipinski definition) is 3. The highest BCUT2D eigenvalue weighted by molar-refractivity contribution is 7.10. The summed E-state index contributed by atoms with van der Waals surface area (Å²) in [4.78, 5) is 3.68. The van der Waals surface area contributed by atoms with Crippen molar-refractivity contribution in [2.75, 3.05) is 19.4 Å². The third-order valence-corrected chi connectivity index (χ3v) is 4.71. The third-order valence-electron chi connectivity index (χ3n) is 3.76. The summed E-state index contributed by atoms with van der Waals surface area (Å²) in [6.07, 6.45) is 2.71. The van der Waals surface area contributed by atoms with E-state index < -0.39 is 0 Å². The van der Waals surface area contributed by atoms with Crippen LogP contribution in [0, 0.1) is 5.92 Å². The maximum atomic E-state index is 3.80. The van der Waals surface area contributed by atoms with Crippen LogP contribution in [0.3, 0.4) is 0 Å². The number of thiophene rings is 1. The van der Waals surface area contributed by atoms with E-state index in [9.17, 15) is 0 Å². The number of hydrogen-bond donors (Lipinski definition) is 1. The molecular formula is C17H22N2S. The van der Waals surface area contributed by atoms with E-state index >= 15 is 0 Å². The fourth-order valence-electron chi connectivity index (χ4n) is 2.63. The highest BCUT2D eigenvalue weighted by Gasteiger charge is 2.33. The standard InChI is InChI=1S/C17H22N2S/c1-19(2)12-14-6-3-4-7-15(14)18-17(13-9-10-13)16-8-5-11-20-16/h3-8,11,13,17-18H,9-10,12H2,1-2H3. The zero-order valence-electron chi connectivity index (χ0n) is 12.2. The maximum absolute atomic E-state index is 3.80. The quantitative estimate of drug-likeness (QED) is 0.848. The van der Waals surface area contributed by atoms with Crippen LogP contribution in [0.15, 0.2) is 41.8 Å². The van der Waals surface area contributed by atoms with Gasteiger partial charge in [-0.15, -0.1) is 11.3 Å². The second kappa shape index (κ2) is 5.98. The van der Waals surface area contributed by atoms with Crippen LogP contribution in [0.1, 0.15) is 29.3 Å². The van der Waals surface area contributed by atoms with Crippen LogP contribution < -0.4 is 5.32 Å². The first-order chi connectivity index (χ1) is 9.74. The van der Waals surface area contributed by atoms with E-state index in [0.29, 0.717) is 6.04 Å². The molecule has 106 valence electrons. The van der Waals surface area contributed by atoms with E-state index in [1.807, 2.05) is 11.3 Å². The van der Waals surface area contributed by atoms with Crippen molar-refractivity contribution in [1.29, 1.82) is 0 Å². The summed E-state index contributed by atoms with van der Waals surface area (Å²) in [5, 5.41) is 5.98. The Morgan fingerprint density at radius 1 is 1.20 bits per heavy atom. The largest absolute Gasteiger partial charge is 0.377 e. The van der Waals surface area contributed by atoms with Gasteiger partial charge >= 0.3 is 0 Å². The van der Waals surface area contributed by atoms with Gasteiger partial charge in [0.25, 0.3) is 0 Å². The number of rotatable bonds is 6. The SMILES string of the molecule is CN(C)Cc1ccccc1NC(c1cccs1)C1CC1. The van der Waals surface area contributed by atoms with Gasteiger partial charge in [0, 0.05) is 17.1 Å². The Bertz CT molecular complexity index is 544. The molecule has 1 aliphatic carbocycles. The van der Waals surface area contributed by atoms with E-state index in [1.54, 1.807) is 0 Å². The van der Waals surface area contributed by atoms with Crippen LogP contribution in [0.2, 0.25) is 0 Å². The molecule has 1 fully saturated rings. The maximum Gasteiger partial charge on any atom is 0.0634 e. The van der Waals surface area contributed by atoms with Crippen LogP contribution in [0.25, 0.3) is 0 Å². The Kier molecular flexibility index (Phi) is 4.08. The average Bonchev–Trinajstić information content (AvgIpc) is 3.11. The number of para-hydroxylation sites is 1. The highest BCUT2D eigenvalue weighted by atomic mass is 32.1. The summed E-state index contributed by atoms with van der Waals surface area (Å²) >= 11 is 1.87. The lowest BCUT2D eigenvalue weighted by Gasteiger charge is -2.22. The van der Waals surface area contributed by atoms with E-state index in [0.717, 1.165) is 12.5 Å². The van der Waals surface area contributed by atoms with Gasteiger partial charge in [-0.3, -0.25) is 0 Å². The first-order valence-electron chi connectivity index (χ1n) is 7.26. The normalized spacial score (nSPS) is 16.4. The molecule has 3 rings (SSSR count). The Morgan fingerprint density at radius 3 is 2.65 bits per heavy atom. The Morgan fingerprint density at radius 2 is 2.00 bits per heavy atom. The molecule has 1 unspecified atom stereocenters. The third kappa shape index (κ3) is 3.22. The van der Waals surface area contributed by atoms with Crippen LogP contribution in [-0.4, -0.2) is 19.0 Å². The zero-order chi connectivity index (χ0) is 13.9. The van der Waals surface area contributed by atoms with Crippen LogP contribution in [0.4, 0.5) is 5.69 Å². The minimum Gasteiger partial charge on any atom is -0.377 e. The molecule has 0 amide bonds. The molecule has 2 nitrogen and oxygen atoms in total. The first-order valence-corrected chi connectivity index (χ1v) is 8.14. The number of nitrogens with one attached hydrogen (secondary N) is 1. The highest BCUT2D eigenvalue weighted by Crippen LogP contribution is 2.44. The Hall–Kier alpha value is -1.32. The van der Waals surface area contributed by atoms with Crippen LogP contribution >= 0.6 is 11.3 Å². The molecule has 3 heteroatoms. The average molecular weight is 286 g/mol. The fraction of sp³-hybridized carbons (Fsp3) is 0.412.